The van der Waals surface area contributed by atoms with E-state index >= 15 is 0 Å². The van der Waals surface area contributed by atoms with Gasteiger partial charge in [0, 0.05) is 11.6 Å². The van der Waals surface area contributed by atoms with Crippen molar-refractivity contribution in [2.45, 2.75) is 6.92 Å². The number of nitrogens with zero attached hydrogens (tertiary/aromatic N) is 3. The fraction of sp³-hybridized carbons (Fsp3) is 0.231. The normalized spacial score (nSPS) is 11.1. The van der Waals surface area contributed by atoms with Crippen LogP contribution >= 0.6 is 0 Å². The molecule has 116 valence electrons. The summed E-state index contributed by atoms with van der Waals surface area (Å²) in [5.41, 5.74) is 8.86. The van der Waals surface area contributed by atoms with Crippen LogP contribution in [0.25, 0.3) is 0 Å². The van der Waals surface area contributed by atoms with Crippen LogP contribution in [0.2, 0.25) is 0 Å². The Kier molecular flexibility index (Phi) is 4.57. The van der Waals surface area contributed by atoms with Gasteiger partial charge >= 0.3 is 0 Å². The molecule has 0 radical (unpaired) electrons. The Bertz CT molecular complexity index is 710. The third kappa shape index (κ3) is 3.14. The number of nitrogen functional groups attached to an aromatic ring is 1. The van der Waals surface area contributed by atoms with Crippen molar-refractivity contribution >= 4 is 17.4 Å². The van der Waals surface area contributed by atoms with Crippen molar-refractivity contribution in [1.29, 1.82) is 0 Å². The highest BCUT2D eigenvalue weighted by Gasteiger charge is 2.16. The van der Waals surface area contributed by atoms with Gasteiger partial charge in [-0.25, -0.2) is 10.1 Å². The van der Waals surface area contributed by atoms with E-state index < -0.39 is 5.91 Å². The van der Waals surface area contributed by atoms with Gasteiger partial charge in [0.2, 0.25) is 11.5 Å². The Morgan fingerprint density at radius 1 is 1.32 bits per heavy atom. The molecule has 0 unspecified atom stereocenters. The Balaban J connectivity index is 2.19. The van der Waals surface area contributed by atoms with Crippen LogP contribution in [0.4, 0.5) is 5.82 Å². The molecule has 1 aromatic carbocycles. The van der Waals surface area contributed by atoms with Gasteiger partial charge in [0.25, 0.3) is 5.91 Å². The molecule has 2 rings (SSSR count). The van der Waals surface area contributed by atoms with Gasteiger partial charge in [0.1, 0.15) is 11.5 Å². The first kappa shape index (κ1) is 15.3. The van der Waals surface area contributed by atoms with Crippen molar-refractivity contribution in [2.75, 3.05) is 20.0 Å². The molecule has 0 bridgehead atoms. The van der Waals surface area contributed by atoms with E-state index in [1.54, 1.807) is 32.2 Å². The number of hydrazone groups is 1. The van der Waals surface area contributed by atoms with Crippen molar-refractivity contribution in [3.63, 3.8) is 0 Å². The fourth-order valence-electron chi connectivity index (χ4n) is 1.70. The number of ether oxygens (including phenoxy) is 2. The summed E-state index contributed by atoms with van der Waals surface area (Å²) in [5, 5.41) is 10.7. The highest BCUT2D eigenvalue weighted by atomic mass is 16.6. The van der Waals surface area contributed by atoms with E-state index in [-0.39, 0.29) is 11.5 Å². The fourth-order valence-corrected chi connectivity index (χ4v) is 1.70. The molecule has 0 saturated carbocycles. The number of amides is 1. The van der Waals surface area contributed by atoms with Crippen molar-refractivity contribution in [3.8, 4) is 11.5 Å². The molecule has 1 heterocycles. The summed E-state index contributed by atoms with van der Waals surface area (Å²) in [6.07, 6.45) is 0. The Hall–Kier alpha value is -3.10. The van der Waals surface area contributed by atoms with Gasteiger partial charge < -0.3 is 15.2 Å². The number of carbonyl (C=O) groups is 1. The van der Waals surface area contributed by atoms with Gasteiger partial charge in [0.15, 0.2) is 0 Å². The molecule has 9 nitrogen and oxygen atoms in total. The molecule has 1 amide bonds. The van der Waals surface area contributed by atoms with Gasteiger partial charge in [0.05, 0.1) is 19.9 Å². The molecule has 2 aromatic rings. The monoisotopic (exact) mass is 305 g/mol. The zero-order chi connectivity index (χ0) is 16.1. The third-order valence-electron chi connectivity index (χ3n) is 2.85. The van der Waals surface area contributed by atoms with Gasteiger partial charge in [-0.1, -0.05) is 0 Å². The summed E-state index contributed by atoms with van der Waals surface area (Å²) >= 11 is 0. The summed E-state index contributed by atoms with van der Waals surface area (Å²) < 4.78 is 14.8. The number of hydrogen-bond acceptors (Lipinski definition) is 8. The van der Waals surface area contributed by atoms with Crippen LogP contribution in [0.3, 0.4) is 0 Å². The third-order valence-corrected chi connectivity index (χ3v) is 2.85. The van der Waals surface area contributed by atoms with Crippen LogP contribution < -0.4 is 20.6 Å². The molecule has 9 heteroatoms. The Morgan fingerprint density at radius 3 is 2.68 bits per heavy atom. The molecule has 0 aliphatic carbocycles. The predicted molar refractivity (Wildman–Crippen MR) is 77.9 cm³/mol. The molecule has 0 aliphatic rings. The number of nitrogens with one attached hydrogen (secondary N) is 1. The summed E-state index contributed by atoms with van der Waals surface area (Å²) in [5.74, 6) is 0.495. The molecule has 0 spiro atoms. The van der Waals surface area contributed by atoms with E-state index in [0.717, 1.165) is 0 Å². The molecule has 0 atom stereocenters. The maximum atomic E-state index is 11.8. The minimum absolute atomic E-state index is 0.104. The Morgan fingerprint density at radius 2 is 2.09 bits per heavy atom. The lowest BCUT2D eigenvalue weighted by molar-refractivity contribution is 0.0945. The van der Waals surface area contributed by atoms with E-state index in [4.69, 9.17) is 15.2 Å². The van der Waals surface area contributed by atoms with Crippen LogP contribution in [0.15, 0.2) is 27.9 Å². The Labute approximate surface area is 126 Å². The first-order chi connectivity index (χ1) is 10.6. The quantitative estimate of drug-likeness (QED) is 0.618. The summed E-state index contributed by atoms with van der Waals surface area (Å²) in [4.78, 5) is 11.8. The zero-order valence-electron chi connectivity index (χ0n) is 12.3. The molecule has 3 N–H and O–H groups in total. The lowest BCUT2D eigenvalue weighted by atomic mass is 10.1. The number of rotatable bonds is 5. The van der Waals surface area contributed by atoms with Crippen LogP contribution in [0, 0.1) is 0 Å². The number of aromatic nitrogens is 2. The number of benzene rings is 1. The lowest BCUT2D eigenvalue weighted by Gasteiger charge is -2.10. The molecular weight excluding hydrogens is 290 g/mol. The van der Waals surface area contributed by atoms with E-state index in [1.165, 1.54) is 7.11 Å². The predicted octanol–water partition coefficient (Wildman–Crippen LogP) is 0.823. The first-order valence-electron chi connectivity index (χ1n) is 6.22. The standard InChI is InChI=1S/C13H15N5O4/c1-7(9-5-4-8(20-2)6-10(9)21-3)15-16-13(19)11-12(14)18-22-17-11/h4-6H,1-3H3,(H2,14,18)(H,16,19)/b15-7-. The second-order valence-electron chi connectivity index (χ2n) is 4.20. The van der Waals surface area contributed by atoms with Gasteiger partial charge in [-0.3, -0.25) is 4.79 Å². The SMILES string of the molecule is COc1ccc(/C(C)=N\NC(=O)c2nonc2N)c(OC)c1. The van der Waals surface area contributed by atoms with Crippen molar-refractivity contribution in [2.24, 2.45) is 5.10 Å². The minimum Gasteiger partial charge on any atom is -0.497 e. The molecule has 1 aromatic heterocycles. The average Bonchev–Trinajstić information content (AvgIpc) is 2.97. The van der Waals surface area contributed by atoms with Gasteiger partial charge in [-0.15, -0.1) is 0 Å². The molecule has 0 fully saturated rings. The first-order valence-corrected chi connectivity index (χ1v) is 6.22. The smallest absolute Gasteiger partial charge is 0.297 e. The maximum Gasteiger partial charge on any atom is 0.297 e. The van der Waals surface area contributed by atoms with E-state index in [1.807, 2.05) is 0 Å². The number of hydrogen-bond donors (Lipinski definition) is 2. The number of carbonyl (C=O) groups excluding carboxylic acids is 1. The van der Waals surface area contributed by atoms with Crippen molar-refractivity contribution in [3.05, 3.63) is 29.5 Å². The number of methoxy groups -OCH3 is 2. The van der Waals surface area contributed by atoms with Crippen molar-refractivity contribution < 1.29 is 18.9 Å². The molecule has 0 aliphatic heterocycles. The van der Waals surface area contributed by atoms with Crippen LogP contribution in [0.1, 0.15) is 23.0 Å². The van der Waals surface area contributed by atoms with Crippen LogP contribution in [0.5, 0.6) is 11.5 Å². The topological polar surface area (TPSA) is 125 Å². The van der Waals surface area contributed by atoms with Crippen molar-refractivity contribution in [1.82, 2.24) is 15.7 Å². The van der Waals surface area contributed by atoms with E-state index in [2.05, 4.69) is 25.5 Å². The van der Waals surface area contributed by atoms with E-state index in [9.17, 15) is 4.79 Å². The maximum absolute atomic E-state index is 11.8. The lowest BCUT2D eigenvalue weighted by Crippen LogP contribution is -2.21. The highest BCUT2D eigenvalue weighted by Crippen LogP contribution is 2.25. The summed E-state index contributed by atoms with van der Waals surface area (Å²) in [7, 11) is 3.10. The van der Waals surface area contributed by atoms with Gasteiger partial charge in [-0.05, 0) is 29.4 Å². The second-order valence-corrected chi connectivity index (χ2v) is 4.20. The zero-order valence-corrected chi connectivity index (χ0v) is 12.3. The van der Waals surface area contributed by atoms with Crippen LogP contribution in [-0.2, 0) is 0 Å². The molecule has 22 heavy (non-hydrogen) atoms. The largest absolute Gasteiger partial charge is 0.497 e. The molecule has 0 saturated heterocycles. The van der Waals surface area contributed by atoms with E-state index in [0.29, 0.717) is 22.8 Å². The number of anilines is 1. The number of nitrogens with two attached hydrogens (primary N) is 1. The minimum atomic E-state index is -0.620. The molecular formula is C13H15N5O4. The van der Waals surface area contributed by atoms with Gasteiger partial charge in [-0.2, -0.15) is 5.10 Å². The average molecular weight is 305 g/mol. The summed E-state index contributed by atoms with van der Waals surface area (Å²) in [6, 6.07) is 5.25. The van der Waals surface area contributed by atoms with Crippen LogP contribution in [-0.4, -0.2) is 36.2 Å². The highest BCUT2D eigenvalue weighted by molar-refractivity contribution is 6.03. The second kappa shape index (κ2) is 6.57. The summed E-state index contributed by atoms with van der Waals surface area (Å²) in [6.45, 7) is 1.72.